The molecule has 2 rings (SSSR count). The number of unbranched alkanes of at least 4 members (excludes halogenated alkanes) is 1. The lowest BCUT2D eigenvalue weighted by atomic mass is 9.96. The Kier molecular flexibility index (Phi) is 5.67. The number of benzene rings is 2. The molecule has 2 aromatic rings. The van der Waals surface area contributed by atoms with Gasteiger partial charge in [0, 0.05) is 6.42 Å². The Balaban J connectivity index is 2.24. The van der Waals surface area contributed by atoms with Gasteiger partial charge >= 0.3 is 0 Å². The molecule has 0 radical (unpaired) electrons. The van der Waals surface area contributed by atoms with Crippen molar-refractivity contribution in [3.63, 3.8) is 0 Å². The van der Waals surface area contributed by atoms with Crippen molar-refractivity contribution in [1.29, 1.82) is 0 Å². The third-order valence-electron chi connectivity index (χ3n) is 3.69. The van der Waals surface area contributed by atoms with Gasteiger partial charge < -0.3 is 4.48 Å². The van der Waals surface area contributed by atoms with Crippen molar-refractivity contribution in [2.24, 2.45) is 0 Å². The molecule has 0 aromatic heterocycles. The van der Waals surface area contributed by atoms with E-state index >= 15 is 0 Å². The molecule has 0 N–H and O–H groups in total. The molecule has 0 amide bonds. The molecular weight excluding hydrogens is 292 g/mol. The number of hydrogen-bond acceptors (Lipinski definition) is 0. The van der Waals surface area contributed by atoms with E-state index in [9.17, 15) is 8.78 Å². The van der Waals surface area contributed by atoms with Crippen molar-refractivity contribution >= 4 is 5.57 Å². The zero-order valence-electron chi connectivity index (χ0n) is 14.0. The Hall–Kier alpha value is -2.00. The van der Waals surface area contributed by atoms with Crippen molar-refractivity contribution in [2.75, 3.05) is 27.7 Å². The van der Waals surface area contributed by atoms with Gasteiger partial charge in [0.1, 0.15) is 11.6 Å². The minimum atomic E-state index is -0.253. The van der Waals surface area contributed by atoms with Crippen LogP contribution in [0.4, 0.5) is 8.78 Å². The molecule has 0 saturated carbocycles. The summed E-state index contributed by atoms with van der Waals surface area (Å²) in [6.07, 6.45) is 4.16. The third kappa shape index (κ3) is 5.61. The lowest BCUT2D eigenvalue weighted by molar-refractivity contribution is -0.870. The van der Waals surface area contributed by atoms with E-state index in [0.29, 0.717) is 0 Å². The van der Waals surface area contributed by atoms with Gasteiger partial charge in [-0.05, 0) is 47.4 Å². The Morgan fingerprint density at radius 3 is 1.65 bits per heavy atom. The second-order valence-corrected chi connectivity index (χ2v) is 6.79. The van der Waals surface area contributed by atoms with Crippen LogP contribution in [-0.2, 0) is 0 Å². The highest BCUT2D eigenvalue weighted by Gasteiger charge is 2.08. The molecule has 0 atom stereocenters. The molecule has 122 valence electrons. The van der Waals surface area contributed by atoms with Crippen LogP contribution in [0.25, 0.3) is 5.57 Å². The second kappa shape index (κ2) is 7.51. The molecule has 2 aromatic carbocycles. The maximum atomic E-state index is 13.2. The average molecular weight is 316 g/mol. The van der Waals surface area contributed by atoms with Gasteiger partial charge in [-0.1, -0.05) is 30.3 Å². The van der Waals surface area contributed by atoms with Crippen LogP contribution in [0.3, 0.4) is 0 Å². The highest BCUT2D eigenvalue weighted by molar-refractivity contribution is 5.79. The largest absolute Gasteiger partial charge is 0.331 e. The molecule has 23 heavy (non-hydrogen) atoms. The van der Waals surface area contributed by atoms with Crippen molar-refractivity contribution < 1.29 is 13.3 Å². The van der Waals surface area contributed by atoms with Crippen molar-refractivity contribution in [2.45, 2.75) is 12.8 Å². The van der Waals surface area contributed by atoms with E-state index in [1.165, 1.54) is 24.3 Å². The number of quaternary nitrogens is 1. The number of hydrogen-bond donors (Lipinski definition) is 0. The first-order valence-corrected chi connectivity index (χ1v) is 7.88. The summed E-state index contributed by atoms with van der Waals surface area (Å²) in [6.45, 7) is 1.08. The first-order valence-electron chi connectivity index (χ1n) is 7.88. The molecule has 0 aliphatic rings. The molecule has 0 fully saturated rings. The zero-order chi connectivity index (χ0) is 16.9. The second-order valence-electron chi connectivity index (χ2n) is 6.79. The number of allylic oxidation sites excluding steroid dienone is 1. The number of rotatable bonds is 6. The molecule has 3 heteroatoms. The van der Waals surface area contributed by atoms with Gasteiger partial charge in [0.05, 0.1) is 27.7 Å². The van der Waals surface area contributed by atoms with Crippen LogP contribution in [0, 0.1) is 11.6 Å². The van der Waals surface area contributed by atoms with Gasteiger partial charge in [-0.3, -0.25) is 0 Å². The van der Waals surface area contributed by atoms with E-state index in [-0.39, 0.29) is 11.6 Å². The molecule has 0 aliphatic heterocycles. The summed E-state index contributed by atoms with van der Waals surface area (Å²) < 4.78 is 27.3. The first kappa shape index (κ1) is 17.4. The van der Waals surface area contributed by atoms with Crippen molar-refractivity contribution in [3.05, 3.63) is 77.4 Å². The molecule has 0 aliphatic carbocycles. The predicted octanol–water partition coefficient (Wildman–Crippen LogP) is 4.88. The number of nitrogens with zero attached hydrogens (tertiary/aromatic N) is 1. The van der Waals surface area contributed by atoms with Gasteiger partial charge in [0.15, 0.2) is 0 Å². The number of halogens is 2. The topological polar surface area (TPSA) is 0 Å². The smallest absolute Gasteiger partial charge is 0.123 e. The monoisotopic (exact) mass is 316 g/mol. The highest BCUT2D eigenvalue weighted by atomic mass is 19.1. The lowest BCUT2D eigenvalue weighted by Gasteiger charge is -2.23. The van der Waals surface area contributed by atoms with Crippen LogP contribution in [0.15, 0.2) is 54.6 Å². The van der Waals surface area contributed by atoms with E-state index < -0.39 is 0 Å². The van der Waals surface area contributed by atoms with Gasteiger partial charge in [-0.15, -0.1) is 0 Å². The Morgan fingerprint density at radius 2 is 1.26 bits per heavy atom. The minimum absolute atomic E-state index is 0.253. The van der Waals surface area contributed by atoms with E-state index in [1.807, 2.05) is 0 Å². The van der Waals surface area contributed by atoms with E-state index in [4.69, 9.17) is 0 Å². The van der Waals surface area contributed by atoms with Crippen LogP contribution >= 0.6 is 0 Å². The maximum Gasteiger partial charge on any atom is 0.123 e. The fourth-order valence-electron chi connectivity index (χ4n) is 2.47. The minimum Gasteiger partial charge on any atom is -0.331 e. The molecule has 0 bridgehead atoms. The van der Waals surface area contributed by atoms with Crippen LogP contribution in [-0.4, -0.2) is 32.2 Å². The quantitative estimate of drug-likeness (QED) is 0.526. The standard InChI is InChI=1S/C20H24F2N/c1-23(2,3)15-5-4-6-20(16-7-11-18(21)12-8-16)17-9-13-19(22)14-10-17/h6-14H,4-5,15H2,1-3H3/q+1. The summed E-state index contributed by atoms with van der Waals surface area (Å²) in [5, 5.41) is 0. The van der Waals surface area contributed by atoms with E-state index in [1.54, 1.807) is 24.3 Å². The van der Waals surface area contributed by atoms with Gasteiger partial charge in [-0.2, -0.15) is 0 Å². The van der Waals surface area contributed by atoms with Crippen LogP contribution in [0.1, 0.15) is 24.0 Å². The molecular formula is C20H24F2N+. The molecule has 0 saturated heterocycles. The van der Waals surface area contributed by atoms with Gasteiger partial charge in [-0.25, -0.2) is 8.78 Å². The summed E-state index contributed by atoms with van der Waals surface area (Å²) in [4.78, 5) is 0. The Labute approximate surface area is 137 Å². The summed E-state index contributed by atoms with van der Waals surface area (Å²) in [5.74, 6) is -0.505. The molecule has 1 nitrogen and oxygen atoms in total. The fourth-order valence-corrected chi connectivity index (χ4v) is 2.47. The van der Waals surface area contributed by atoms with Gasteiger partial charge in [0.2, 0.25) is 0 Å². The molecule has 0 unspecified atom stereocenters. The SMILES string of the molecule is C[N+](C)(C)CCCC=C(c1ccc(F)cc1)c1ccc(F)cc1. The van der Waals surface area contributed by atoms with Crippen LogP contribution in [0.5, 0.6) is 0 Å². The van der Waals surface area contributed by atoms with Crippen molar-refractivity contribution in [3.8, 4) is 0 Å². The predicted molar refractivity (Wildman–Crippen MR) is 92.0 cm³/mol. The highest BCUT2D eigenvalue weighted by Crippen LogP contribution is 2.25. The molecule has 0 spiro atoms. The maximum absolute atomic E-state index is 13.2. The zero-order valence-corrected chi connectivity index (χ0v) is 14.0. The van der Waals surface area contributed by atoms with E-state index in [2.05, 4.69) is 27.2 Å². The summed E-state index contributed by atoms with van der Waals surface area (Å²) in [5.41, 5.74) is 2.91. The normalized spacial score (nSPS) is 11.3. The third-order valence-corrected chi connectivity index (χ3v) is 3.69. The van der Waals surface area contributed by atoms with Gasteiger partial charge in [0.25, 0.3) is 0 Å². The fraction of sp³-hybridized carbons (Fsp3) is 0.300. The summed E-state index contributed by atoms with van der Waals surface area (Å²) in [6, 6.07) is 12.9. The summed E-state index contributed by atoms with van der Waals surface area (Å²) in [7, 11) is 6.51. The van der Waals surface area contributed by atoms with Crippen molar-refractivity contribution in [1.82, 2.24) is 0 Å². The van der Waals surface area contributed by atoms with E-state index in [0.717, 1.165) is 40.6 Å². The Bertz CT molecular complexity index is 602. The first-order chi connectivity index (χ1) is 10.8. The van der Waals surface area contributed by atoms with Crippen LogP contribution < -0.4 is 0 Å². The van der Waals surface area contributed by atoms with Crippen LogP contribution in [0.2, 0.25) is 0 Å². The lowest BCUT2D eigenvalue weighted by Crippen LogP contribution is -2.35. The summed E-state index contributed by atoms with van der Waals surface area (Å²) >= 11 is 0. The average Bonchev–Trinajstić information content (AvgIpc) is 2.49. The molecule has 0 heterocycles. The Morgan fingerprint density at radius 1 is 0.826 bits per heavy atom.